The lowest BCUT2D eigenvalue weighted by Gasteiger charge is -2.02. The quantitative estimate of drug-likeness (QED) is 0.877. The van der Waals surface area contributed by atoms with Gasteiger partial charge in [-0.05, 0) is 18.8 Å². The molecule has 2 aromatic heterocycles. The van der Waals surface area contributed by atoms with E-state index in [-0.39, 0.29) is 23.6 Å². The van der Waals surface area contributed by atoms with E-state index in [0.29, 0.717) is 22.3 Å². The highest BCUT2D eigenvalue weighted by atomic mass is 32.1. The first-order valence-corrected chi connectivity index (χ1v) is 7.84. The number of carbonyl (C=O) groups excluding carboxylic acids is 1. The van der Waals surface area contributed by atoms with E-state index in [1.165, 1.54) is 36.4 Å². The van der Waals surface area contributed by atoms with E-state index in [1.807, 2.05) is 6.07 Å². The summed E-state index contributed by atoms with van der Waals surface area (Å²) in [5, 5.41) is 23.9. The molecule has 1 amide bonds. The van der Waals surface area contributed by atoms with Gasteiger partial charge in [-0.1, -0.05) is 0 Å². The van der Waals surface area contributed by atoms with Crippen LogP contribution in [0.1, 0.15) is 24.1 Å². The number of carbonyl (C=O) groups is 1. The zero-order valence-corrected chi connectivity index (χ0v) is 12.6. The molecule has 2 heterocycles. The van der Waals surface area contributed by atoms with E-state index < -0.39 is 0 Å². The molecule has 0 bridgehead atoms. The smallest absolute Gasteiger partial charge is 0.226 e. The summed E-state index contributed by atoms with van der Waals surface area (Å²) < 4.78 is 0. The average Bonchev–Trinajstić information content (AvgIpc) is 3.24. The molecular formula is C15H14N4O2S. The molecule has 7 heteroatoms. The van der Waals surface area contributed by atoms with E-state index in [9.17, 15) is 9.90 Å². The third kappa shape index (κ3) is 3.40. The minimum absolute atomic E-state index is 0.0410. The Hall–Kier alpha value is -2.46. The van der Waals surface area contributed by atoms with Gasteiger partial charge >= 0.3 is 0 Å². The van der Waals surface area contributed by atoms with Crippen molar-refractivity contribution in [2.24, 2.45) is 5.92 Å². The van der Waals surface area contributed by atoms with Gasteiger partial charge in [-0.15, -0.1) is 11.3 Å². The van der Waals surface area contributed by atoms with Crippen LogP contribution in [-0.2, 0) is 11.2 Å². The molecule has 6 nitrogen and oxygen atoms in total. The number of hydrogen-bond acceptors (Lipinski definition) is 6. The highest BCUT2D eigenvalue weighted by Crippen LogP contribution is 2.30. The van der Waals surface area contributed by atoms with Crippen LogP contribution >= 0.6 is 11.3 Å². The lowest BCUT2D eigenvalue weighted by atomic mass is 10.2. The summed E-state index contributed by atoms with van der Waals surface area (Å²) in [4.78, 5) is 20.2. The summed E-state index contributed by atoms with van der Waals surface area (Å²) in [5.41, 5.74) is 1.27. The topological polar surface area (TPSA) is 98.9 Å². The van der Waals surface area contributed by atoms with E-state index in [1.54, 1.807) is 5.38 Å². The molecule has 0 unspecified atom stereocenters. The molecule has 1 aliphatic carbocycles. The summed E-state index contributed by atoms with van der Waals surface area (Å²) in [6, 6.07) is 3.27. The van der Waals surface area contributed by atoms with Gasteiger partial charge in [0, 0.05) is 24.2 Å². The number of pyridine rings is 1. The summed E-state index contributed by atoms with van der Waals surface area (Å²) in [6.07, 6.45) is 4.01. The molecule has 2 N–H and O–H groups in total. The first-order valence-electron chi connectivity index (χ1n) is 6.96. The molecule has 0 radical (unpaired) electrons. The van der Waals surface area contributed by atoms with E-state index in [0.717, 1.165) is 6.54 Å². The van der Waals surface area contributed by atoms with Crippen molar-refractivity contribution in [3.05, 3.63) is 28.9 Å². The van der Waals surface area contributed by atoms with E-state index in [2.05, 4.69) is 15.3 Å². The number of aromatic hydroxyl groups is 1. The van der Waals surface area contributed by atoms with Crippen LogP contribution in [0.5, 0.6) is 5.75 Å². The fraction of sp³-hybridized carbons (Fsp3) is 0.333. The average molecular weight is 314 g/mol. The Morgan fingerprint density at radius 1 is 1.55 bits per heavy atom. The molecule has 0 spiro atoms. The largest absolute Gasteiger partial charge is 0.506 e. The fourth-order valence-electron chi connectivity index (χ4n) is 1.98. The zero-order valence-electron chi connectivity index (χ0n) is 11.7. The molecule has 112 valence electrons. The molecule has 0 atom stereocenters. The van der Waals surface area contributed by atoms with Crippen molar-refractivity contribution in [3.63, 3.8) is 0 Å². The first-order chi connectivity index (χ1) is 10.7. The fourth-order valence-corrected chi connectivity index (χ4v) is 2.81. The molecule has 1 fully saturated rings. The Morgan fingerprint density at radius 3 is 3.05 bits per heavy atom. The SMILES string of the molecule is N#Cc1cnc(-c2nc(CC(=O)NCC3CC3)cs2)c(O)c1. The van der Waals surface area contributed by atoms with Gasteiger partial charge in [0.15, 0.2) is 0 Å². The van der Waals surface area contributed by atoms with E-state index in [4.69, 9.17) is 5.26 Å². The highest BCUT2D eigenvalue weighted by molar-refractivity contribution is 7.13. The summed E-state index contributed by atoms with van der Waals surface area (Å²) in [6.45, 7) is 0.744. The predicted molar refractivity (Wildman–Crippen MR) is 81.2 cm³/mol. The van der Waals surface area contributed by atoms with Gasteiger partial charge < -0.3 is 10.4 Å². The Labute approximate surface area is 131 Å². The summed E-state index contributed by atoms with van der Waals surface area (Å²) in [5.74, 6) is 0.522. The van der Waals surface area contributed by atoms with Crippen molar-refractivity contribution in [3.8, 4) is 22.5 Å². The second kappa shape index (κ2) is 6.12. The molecule has 3 rings (SSSR count). The Bertz CT molecular complexity index is 746. The van der Waals surface area contributed by atoms with Crippen LogP contribution in [0.25, 0.3) is 10.7 Å². The maximum absolute atomic E-state index is 11.8. The van der Waals surface area contributed by atoms with Crippen molar-refractivity contribution in [1.82, 2.24) is 15.3 Å². The summed E-state index contributed by atoms with van der Waals surface area (Å²) >= 11 is 1.31. The van der Waals surface area contributed by atoms with Gasteiger partial charge in [0.2, 0.25) is 5.91 Å². The molecule has 1 aliphatic rings. The monoisotopic (exact) mass is 314 g/mol. The molecular weight excluding hydrogens is 300 g/mol. The molecule has 0 aliphatic heterocycles. The number of amides is 1. The van der Waals surface area contributed by atoms with Gasteiger partial charge in [-0.2, -0.15) is 5.26 Å². The lowest BCUT2D eigenvalue weighted by Crippen LogP contribution is -2.27. The van der Waals surface area contributed by atoms with Crippen LogP contribution in [0, 0.1) is 17.2 Å². The number of rotatable bonds is 5. The van der Waals surface area contributed by atoms with E-state index >= 15 is 0 Å². The maximum Gasteiger partial charge on any atom is 0.226 e. The normalized spacial score (nSPS) is 13.6. The predicted octanol–water partition coefficient (Wildman–Crippen LogP) is 1.85. The van der Waals surface area contributed by atoms with Crippen molar-refractivity contribution in [2.45, 2.75) is 19.3 Å². The Kier molecular flexibility index (Phi) is 4.02. The van der Waals surface area contributed by atoms with Crippen molar-refractivity contribution in [1.29, 1.82) is 5.26 Å². The number of nitriles is 1. The minimum Gasteiger partial charge on any atom is -0.506 e. The maximum atomic E-state index is 11.8. The van der Waals surface area contributed by atoms with Crippen LogP contribution in [0.15, 0.2) is 17.6 Å². The molecule has 1 saturated carbocycles. The summed E-state index contributed by atoms with van der Waals surface area (Å²) in [7, 11) is 0. The van der Waals surface area contributed by atoms with Crippen molar-refractivity contribution in [2.75, 3.05) is 6.54 Å². The third-order valence-electron chi connectivity index (χ3n) is 3.38. The highest BCUT2D eigenvalue weighted by Gasteiger charge is 2.21. The second-order valence-corrected chi connectivity index (χ2v) is 6.13. The molecule has 0 saturated heterocycles. The van der Waals surface area contributed by atoms with Crippen LogP contribution in [0.3, 0.4) is 0 Å². The van der Waals surface area contributed by atoms with Gasteiger partial charge in [-0.25, -0.2) is 9.97 Å². The van der Waals surface area contributed by atoms with Crippen LogP contribution in [0.2, 0.25) is 0 Å². The first kappa shape index (κ1) is 14.5. The van der Waals surface area contributed by atoms with Crippen molar-refractivity contribution >= 4 is 17.2 Å². The molecule has 2 aromatic rings. The standard InChI is InChI=1S/C15H14N4O2S/c16-5-10-3-12(20)14(18-7-10)15-19-11(8-22-15)4-13(21)17-6-9-1-2-9/h3,7-9,20H,1-2,4,6H2,(H,17,21). The van der Waals surface area contributed by atoms with Crippen molar-refractivity contribution < 1.29 is 9.90 Å². The Balaban J connectivity index is 1.67. The Morgan fingerprint density at radius 2 is 2.36 bits per heavy atom. The lowest BCUT2D eigenvalue weighted by molar-refractivity contribution is -0.120. The number of nitrogens with one attached hydrogen (secondary N) is 1. The molecule has 22 heavy (non-hydrogen) atoms. The number of hydrogen-bond donors (Lipinski definition) is 2. The second-order valence-electron chi connectivity index (χ2n) is 5.27. The van der Waals surface area contributed by atoms with Gasteiger partial charge in [0.05, 0.1) is 17.7 Å². The number of nitrogens with zero attached hydrogens (tertiary/aromatic N) is 3. The van der Waals surface area contributed by atoms with Gasteiger partial charge in [0.1, 0.15) is 22.5 Å². The zero-order chi connectivity index (χ0) is 15.5. The third-order valence-corrected chi connectivity index (χ3v) is 4.28. The van der Waals surface area contributed by atoms with Gasteiger partial charge in [0.25, 0.3) is 0 Å². The number of thiazole rings is 1. The minimum atomic E-state index is -0.0851. The van der Waals surface area contributed by atoms with Crippen LogP contribution < -0.4 is 5.32 Å². The van der Waals surface area contributed by atoms with Gasteiger partial charge in [-0.3, -0.25) is 4.79 Å². The van der Waals surface area contributed by atoms with Crippen LogP contribution in [0.4, 0.5) is 0 Å². The molecule has 0 aromatic carbocycles. The van der Waals surface area contributed by atoms with Crippen LogP contribution in [-0.4, -0.2) is 27.5 Å². The number of aromatic nitrogens is 2.